The highest BCUT2D eigenvalue weighted by molar-refractivity contribution is 5.60. The fraction of sp³-hybridized carbons (Fsp3) is 0.893. The van der Waals surface area contributed by atoms with Crippen LogP contribution in [0.3, 0.4) is 0 Å². The van der Waals surface area contributed by atoms with Crippen molar-refractivity contribution in [2.75, 3.05) is 26.2 Å². The lowest BCUT2D eigenvalue weighted by atomic mass is 10.0. The minimum absolute atomic E-state index is 0.273. The predicted octanol–water partition coefficient (Wildman–Crippen LogP) is 7.82. The molecule has 0 saturated heterocycles. The maximum atomic E-state index is 9.39. The monoisotopic (exact) mass is 435 g/mol. The van der Waals surface area contributed by atoms with Gasteiger partial charge in [-0.15, -0.1) is 0 Å². The molecule has 2 unspecified atom stereocenters. The molecule has 0 aliphatic carbocycles. The average molecular weight is 436 g/mol. The van der Waals surface area contributed by atoms with E-state index in [1.807, 2.05) is 0 Å². The Morgan fingerprint density at radius 3 is 1.81 bits per heavy atom. The third kappa shape index (κ3) is 13.5. The van der Waals surface area contributed by atoms with E-state index in [2.05, 4.69) is 32.2 Å². The summed E-state index contributed by atoms with van der Waals surface area (Å²) in [7, 11) is 0. The molecule has 1 aliphatic rings. The van der Waals surface area contributed by atoms with Crippen molar-refractivity contribution >= 4 is 6.21 Å². The molecular weight excluding hydrogens is 380 g/mol. The van der Waals surface area contributed by atoms with Gasteiger partial charge in [-0.25, -0.2) is 4.99 Å². The lowest BCUT2D eigenvalue weighted by Gasteiger charge is -2.37. The summed E-state index contributed by atoms with van der Waals surface area (Å²) in [5.74, 6) is 0. The molecular formula is C28H55N2O+. The smallest absolute Gasteiger partial charge is 0.182 e. The highest BCUT2D eigenvalue weighted by Gasteiger charge is 2.36. The summed E-state index contributed by atoms with van der Waals surface area (Å²) in [5, 5.41) is 9.39. The summed E-state index contributed by atoms with van der Waals surface area (Å²) in [4.78, 5) is 4.71. The van der Waals surface area contributed by atoms with E-state index in [1.54, 1.807) is 0 Å². The van der Waals surface area contributed by atoms with Gasteiger partial charge in [-0.2, -0.15) is 0 Å². The molecule has 31 heavy (non-hydrogen) atoms. The largest absolute Gasteiger partial charge is 0.391 e. The fourth-order valence-corrected chi connectivity index (χ4v) is 4.99. The van der Waals surface area contributed by atoms with Gasteiger partial charge in [0.05, 0.1) is 19.4 Å². The van der Waals surface area contributed by atoms with E-state index in [4.69, 9.17) is 4.99 Å². The zero-order chi connectivity index (χ0) is 22.5. The Morgan fingerprint density at radius 2 is 1.29 bits per heavy atom. The molecule has 0 aromatic carbocycles. The lowest BCUT2D eigenvalue weighted by molar-refractivity contribution is -0.936. The number of aliphatic hydroxyl groups is 1. The Bertz CT molecular complexity index is 448. The fourth-order valence-electron chi connectivity index (χ4n) is 4.99. The van der Waals surface area contributed by atoms with Gasteiger partial charge in [0, 0.05) is 6.42 Å². The maximum Gasteiger partial charge on any atom is 0.182 e. The maximum absolute atomic E-state index is 9.39. The molecule has 0 radical (unpaired) electrons. The highest BCUT2D eigenvalue weighted by atomic mass is 16.3. The van der Waals surface area contributed by atoms with Crippen LogP contribution in [-0.4, -0.2) is 48.2 Å². The van der Waals surface area contributed by atoms with Gasteiger partial charge >= 0.3 is 0 Å². The third-order valence-electron chi connectivity index (χ3n) is 7.25. The molecule has 3 heteroatoms. The molecule has 1 N–H and O–H groups in total. The molecule has 1 heterocycles. The molecule has 3 nitrogen and oxygen atoms in total. The summed E-state index contributed by atoms with van der Waals surface area (Å²) in [6, 6.07) is 0. The van der Waals surface area contributed by atoms with Crippen LogP contribution in [0.2, 0.25) is 0 Å². The van der Waals surface area contributed by atoms with Crippen LogP contribution < -0.4 is 0 Å². The van der Waals surface area contributed by atoms with Gasteiger partial charge in [0.2, 0.25) is 0 Å². The third-order valence-corrected chi connectivity index (χ3v) is 7.25. The van der Waals surface area contributed by atoms with Gasteiger partial charge in [-0.05, 0) is 39.0 Å². The van der Waals surface area contributed by atoms with Crippen molar-refractivity contribution < 1.29 is 9.59 Å². The first-order valence-electron chi connectivity index (χ1n) is 13.9. The van der Waals surface area contributed by atoms with Crippen molar-refractivity contribution in [3.63, 3.8) is 0 Å². The number of nitrogens with zero attached hydrogens (tertiary/aromatic N) is 2. The van der Waals surface area contributed by atoms with E-state index in [0.29, 0.717) is 6.17 Å². The van der Waals surface area contributed by atoms with E-state index in [1.165, 1.54) is 109 Å². The SMILES string of the molecule is CCCCCCCCCCCCCCC/C=C/CCCCC1N=CC[N+]1(CC)CCO. The van der Waals surface area contributed by atoms with Gasteiger partial charge in [-0.1, -0.05) is 96.1 Å². The first kappa shape index (κ1) is 28.4. The zero-order valence-electron chi connectivity index (χ0n) is 21.2. The van der Waals surface area contributed by atoms with Crippen molar-refractivity contribution in [3.05, 3.63) is 12.2 Å². The van der Waals surface area contributed by atoms with Crippen molar-refractivity contribution in [1.29, 1.82) is 0 Å². The Labute approximate surface area is 195 Å². The average Bonchev–Trinajstić information content (AvgIpc) is 3.18. The zero-order valence-corrected chi connectivity index (χ0v) is 21.2. The van der Waals surface area contributed by atoms with Gasteiger partial charge < -0.3 is 5.11 Å². The van der Waals surface area contributed by atoms with Crippen molar-refractivity contribution in [3.8, 4) is 0 Å². The van der Waals surface area contributed by atoms with Crippen LogP contribution in [0, 0.1) is 0 Å². The predicted molar refractivity (Wildman–Crippen MR) is 138 cm³/mol. The molecule has 2 atom stereocenters. The van der Waals surface area contributed by atoms with Crippen molar-refractivity contribution in [1.82, 2.24) is 0 Å². The van der Waals surface area contributed by atoms with Crippen LogP contribution >= 0.6 is 0 Å². The molecule has 0 saturated carbocycles. The number of rotatable bonds is 22. The number of allylic oxidation sites excluding steroid dienone is 2. The number of aliphatic imine (C=N–C) groups is 1. The van der Waals surface area contributed by atoms with E-state index in [0.717, 1.165) is 30.5 Å². The van der Waals surface area contributed by atoms with Gasteiger partial charge in [0.25, 0.3) is 0 Å². The second-order valence-electron chi connectivity index (χ2n) is 9.76. The van der Waals surface area contributed by atoms with Crippen LogP contribution in [0.4, 0.5) is 0 Å². The van der Waals surface area contributed by atoms with Crippen molar-refractivity contribution in [2.24, 2.45) is 4.99 Å². The molecule has 0 aromatic rings. The summed E-state index contributed by atoms with van der Waals surface area (Å²) in [5.41, 5.74) is 0. The standard InChI is InChI=1S/C28H55N2O/c1-3-5-6-7-8-9-10-11-12-13-14-15-16-17-18-19-20-21-22-23-28-29-24-25-30(28,4-2)26-27-31/h18-19,24,28,31H,3-17,20-23,25-27H2,1-2H3/q+1/b19-18+. The second-order valence-corrected chi connectivity index (χ2v) is 9.76. The summed E-state index contributed by atoms with van der Waals surface area (Å²) in [6.45, 7) is 7.72. The topological polar surface area (TPSA) is 32.6 Å². The van der Waals surface area contributed by atoms with Crippen LogP contribution in [-0.2, 0) is 0 Å². The minimum atomic E-state index is 0.273. The number of likely N-dealkylation sites (N-methyl/N-ethyl adjacent to an activating group) is 1. The Balaban J connectivity index is 1.85. The number of unbranched alkanes of at least 4 members (excludes halogenated alkanes) is 15. The molecule has 0 fully saturated rings. The molecule has 0 amide bonds. The number of quaternary nitrogens is 1. The quantitative estimate of drug-likeness (QED) is 0.105. The van der Waals surface area contributed by atoms with E-state index in [9.17, 15) is 5.11 Å². The van der Waals surface area contributed by atoms with E-state index in [-0.39, 0.29) is 6.61 Å². The molecule has 0 bridgehead atoms. The molecule has 182 valence electrons. The number of aliphatic hydroxyl groups excluding tert-OH is 1. The van der Waals surface area contributed by atoms with Crippen molar-refractivity contribution in [2.45, 2.75) is 136 Å². The van der Waals surface area contributed by atoms with Crippen LogP contribution in [0.5, 0.6) is 0 Å². The first-order chi connectivity index (χ1) is 15.3. The number of hydrogen-bond donors (Lipinski definition) is 1. The van der Waals surface area contributed by atoms with E-state index >= 15 is 0 Å². The van der Waals surface area contributed by atoms with E-state index < -0.39 is 0 Å². The Morgan fingerprint density at radius 1 is 0.774 bits per heavy atom. The van der Waals surface area contributed by atoms with Gasteiger partial charge in [0.15, 0.2) is 6.17 Å². The minimum Gasteiger partial charge on any atom is -0.391 e. The summed E-state index contributed by atoms with van der Waals surface area (Å²) in [6.07, 6.45) is 32.0. The van der Waals surface area contributed by atoms with Crippen LogP contribution in [0.25, 0.3) is 0 Å². The Hall–Kier alpha value is -0.670. The molecule has 1 aliphatic heterocycles. The molecule has 0 aromatic heterocycles. The lowest BCUT2D eigenvalue weighted by Crippen LogP contribution is -2.53. The van der Waals surface area contributed by atoms with Crippen LogP contribution in [0.15, 0.2) is 17.1 Å². The second kappa shape index (κ2) is 20.0. The summed E-state index contributed by atoms with van der Waals surface area (Å²) >= 11 is 0. The molecule has 1 rings (SSSR count). The first-order valence-corrected chi connectivity index (χ1v) is 13.9. The Kier molecular flexibility index (Phi) is 18.3. The molecule has 0 spiro atoms. The number of hydrogen-bond acceptors (Lipinski definition) is 2. The van der Waals surface area contributed by atoms with Crippen LogP contribution in [0.1, 0.15) is 129 Å². The van der Waals surface area contributed by atoms with Gasteiger partial charge in [-0.3, -0.25) is 4.48 Å². The normalized spacial score (nSPS) is 20.9. The van der Waals surface area contributed by atoms with Gasteiger partial charge in [0.1, 0.15) is 13.1 Å². The summed E-state index contributed by atoms with van der Waals surface area (Å²) < 4.78 is 0.964. The highest BCUT2D eigenvalue weighted by Crippen LogP contribution is 2.23.